The summed E-state index contributed by atoms with van der Waals surface area (Å²) in [5, 5.41) is 13.6. The lowest BCUT2D eigenvalue weighted by Gasteiger charge is -2.17. The third-order valence-electron chi connectivity index (χ3n) is 3.24. The van der Waals surface area contributed by atoms with Gasteiger partial charge in [-0.1, -0.05) is 35.9 Å². The Hall–Kier alpha value is -1.55. The molecule has 0 aliphatic heterocycles. The first kappa shape index (κ1) is 15.8. The van der Waals surface area contributed by atoms with Gasteiger partial charge in [-0.05, 0) is 42.3 Å². The number of ether oxygens (including phenoxy) is 1. The highest BCUT2D eigenvalue weighted by molar-refractivity contribution is 6.30. The van der Waals surface area contributed by atoms with Crippen LogP contribution < -0.4 is 10.1 Å². The Morgan fingerprint density at radius 2 is 1.76 bits per heavy atom. The molecule has 0 heterocycles. The van der Waals surface area contributed by atoms with Gasteiger partial charge in [0.25, 0.3) is 0 Å². The van der Waals surface area contributed by atoms with E-state index in [1.54, 1.807) is 0 Å². The summed E-state index contributed by atoms with van der Waals surface area (Å²) in [6.45, 7) is 3.35. The van der Waals surface area contributed by atoms with Crippen LogP contribution in [0.2, 0.25) is 5.02 Å². The molecule has 2 rings (SSSR count). The van der Waals surface area contributed by atoms with Gasteiger partial charge in [-0.25, -0.2) is 0 Å². The molecule has 0 spiro atoms. The highest BCUT2D eigenvalue weighted by Gasteiger charge is 2.09. The third kappa shape index (κ3) is 4.74. The maximum atomic E-state index is 9.53. The molecule has 21 heavy (non-hydrogen) atoms. The standard InChI is InChI=1S/C17H20ClNO2/c1-2-21-16-9-3-13(4-10-16)11-19-17(12-20)14-5-7-15(18)8-6-14/h3-10,17,19-20H,2,11-12H2,1H3. The van der Waals surface area contributed by atoms with Crippen molar-refractivity contribution >= 4 is 11.6 Å². The van der Waals surface area contributed by atoms with Crippen molar-refractivity contribution in [2.75, 3.05) is 13.2 Å². The van der Waals surface area contributed by atoms with E-state index in [-0.39, 0.29) is 12.6 Å². The second-order valence-electron chi connectivity index (χ2n) is 4.74. The van der Waals surface area contributed by atoms with Gasteiger partial charge in [-0.3, -0.25) is 0 Å². The van der Waals surface area contributed by atoms with E-state index in [1.807, 2.05) is 55.5 Å². The molecule has 0 amide bonds. The van der Waals surface area contributed by atoms with Gasteiger partial charge in [0.2, 0.25) is 0 Å². The van der Waals surface area contributed by atoms with Crippen LogP contribution in [0, 0.1) is 0 Å². The number of hydrogen-bond acceptors (Lipinski definition) is 3. The van der Waals surface area contributed by atoms with E-state index < -0.39 is 0 Å². The van der Waals surface area contributed by atoms with Crippen LogP contribution in [0.3, 0.4) is 0 Å². The van der Waals surface area contributed by atoms with Crippen molar-refractivity contribution in [2.45, 2.75) is 19.5 Å². The Balaban J connectivity index is 1.94. The van der Waals surface area contributed by atoms with Crippen molar-refractivity contribution in [3.05, 3.63) is 64.7 Å². The molecular weight excluding hydrogens is 286 g/mol. The first-order chi connectivity index (χ1) is 10.2. The number of halogens is 1. The number of aliphatic hydroxyl groups is 1. The van der Waals surface area contributed by atoms with E-state index >= 15 is 0 Å². The molecule has 3 nitrogen and oxygen atoms in total. The Morgan fingerprint density at radius 1 is 1.10 bits per heavy atom. The summed E-state index contributed by atoms with van der Waals surface area (Å²) in [6.07, 6.45) is 0. The normalized spacial score (nSPS) is 12.1. The van der Waals surface area contributed by atoms with Gasteiger partial charge in [0.1, 0.15) is 5.75 Å². The maximum absolute atomic E-state index is 9.53. The van der Waals surface area contributed by atoms with E-state index in [9.17, 15) is 5.11 Å². The smallest absolute Gasteiger partial charge is 0.119 e. The number of benzene rings is 2. The minimum Gasteiger partial charge on any atom is -0.494 e. The second-order valence-corrected chi connectivity index (χ2v) is 5.18. The number of hydrogen-bond donors (Lipinski definition) is 2. The van der Waals surface area contributed by atoms with Crippen molar-refractivity contribution in [3.63, 3.8) is 0 Å². The lowest BCUT2D eigenvalue weighted by Crippen LogP contribution is -2.23. The van der Waals surface area contributed by atoms with E-state index in [4.69, 9.17) is 16.3 Å². The number of rotatable bonds is 7. The molecule has 2 aromatic carbocycles. The van der Waals surface area contributed by atoms with E-state index in [2.05, 4.69) is 5.32 Å². The minimum absolute atomic E-state index is 0.0403. The average molecular weight is 306 g/mol. The quantitative estimate of drug-likeness (QED) is 0.822. The summed E-state index contributed by atoms with van der Waals surface area (Å²) in [4.78, 5) is 0. The topological polar surface area (TPSA) is 41.5 Å². The van der Waals surface area contributed by atoms with Crippen molar-refractivity contribution in [3.8, 4) is 5.75 Å². The van der Waals surface area contributed by atoms with E-state index in [0.717, 1.165) is 16.9 Å². The molecule has 0 fully saturated rings. The van der Waals surface area contributed by atoms with E-state index in [1.165, 1.54) is 0 Å². The molecule has 112 valence electrons. The highest BCUT2D eigenvalue weighted by atomic mass is 35.5. The summed E-state index contributed by atoms with van der Waals surface area (Å²) in [6, 6.07) is 15.4. The van der Waals surface area contributed by atoms with E-state index in [0.29, 0.717) is 18.2 Å². The minimum atomic E-state index is -0.103. The molecule has 1 atom stereocenters. The summed E-state index contributed by atoms with van der Waals surface area (Å²) < 4.78 is 5.42. The Kier molecular flexibility index (Phi) is 6.05. The van der Waals surface area contributed by atoms with Crippen molar-refractivity contribution in [1.82, 2.24) is 5.32 Å². The fraction of sp³-hybridized carbons (Fsp3) is 0.294. The first-order valence-corrected chi connectivity index (χ1v) is 7.42. The summed E-state index contributed by atoms with van der Waals surface area (Å²) >= 11 is 5.88. The van der Waals surface area contributed by atoms with Crippen LogP contribution >= 0.6 is 11.6 Å². The second kappa shape index (κ2) is 8.03. The third-order valence-corrected chi connectivity index (χ3v) is 3.49. The summed E-state index contributed by atoms with van der Waals surface area (Å²) in [5.74, 6) is 0.873. The van der Waals surface area contributed by atoms with Crippen molar-refractivity contribution < 1.29 is 9.84 Å². The zero-order valence-electron chi connectivity index (χ0n) is 12.1. The fourth-order valence-corrected chi connectivity index (χ4v) is 2.22. The summed E-state index contributed by atoms with van der Waals surface area (Å²) in [7, 11) is 0. The maximum Gasteiger partial charge on any atom is 0.119 e. The van der Waals surface area contributed by atoms with Crippen molar-refractivity contribution in [1.29, 1.82) is 0 Å². The van der Waals surface area contributed by atoms with Crippen LogP contribution in [0.5, 0.6) is 5.75 Å². The molecule has 0 saturated heterocycles. The lowest BCUT2D eigenvalue weighted by atomic mass is 10.1. The monoisotopic (exact) mass is 305 g/mol. The van der Waals surface area contributed by atoms with Crippen LogP contribution in [0.15, 0.2) is 48.5 Å². The van der Waals surface area contributed by atoms with Crippen LogP contribution in [-0.4, -0.2) is 18.3 Å². The van der Waals surface area contributed by atoms with Gasteiger partial charge in [0, 0.05) is 11.6 Å². The van der Waals surface area contributed by atoms with Gasteiger partial charge in [0.15, 0.2) is 0 Å². The predicted molar refractivity (Wildman–Crippen MR) is 85.7 cm³/mol. The Labute approximate surface area is 130 Å². The zero-order chi connectivity index (χ0) is 15.1. The number of aliphatic hydroxyl groups excluding tert-OH is 1. The molecule has 0 aromatic heterocycles. The molecule has 0 radical (unpaired) electrons. The number of nitrogens with one attached hydrogen (secondary N) is 1. The SMILES string of the molecule is CCOc1ccc(CNC(CO)c2ccc(Cl)cc2)cc1. The van der Waals surface area contributed by atoms with Crippen LogP contribution in [0.25, 0.3) is 0 Å². The fourth-order valence-electron chi connectivity index (χ4n) is 2.09. The van der Waals surface area contributed by atoms with Gasteiger partial charge in [-0.15, -0.1) is 0 Å². The molecule has 4 heteroatoms. The Morgan fingerprint density at radius 3 is 2.33 bits per heavy atom. The first-order valence-electron chi connectivity index (χ1n) is 7.04. The molecule has 2 aromatic rings. The summed E-state index contributed by atoms with van der Waals surface area (Å²) in [5.41, 5.74) is 2.17. The molecule has 0 aliphatic rings. The molecule has 1 unspecified atom stereocenters. The van der Waals surface area contributed by atoms with Gasteiger partial charge in [-0.2, -0.15) is 0 Å². The van der Waals surface area contributed by atoms with Gasteiger partial charge in [0.05, 0.1) is 19.3 Å². The molecule has 2 N–H and O–H groups in total. The molecule has 0 aliphatic carbocycles. The lowest BCUT2D eigenvalue weighted by molar-refractivity contribution is 0.243. The predicted octanol–water partition coefficient (Wildman–Crippen LogP) is 3.56. The van der Waals surface area contributed by atoms with Crippen molar-refractivity contribution in [2.24, 2.45) is 0 Å². The molecule has 0 saturated carbocycles. The zero-order valence-corrected chi connectivity index (χ0v) is 12.8. The van der Waals surface area contributed by atoms with Crippen LogP contribution in [-0.2, 0) is 6.54 Å². The van der Waals surface area contributed by atoms with Crippen LogP contribution in [0.1, 0.15) is 24.1 Å². The molecular formula is C17H20ClNO2. The molecule has 0 bridgehead atoms. The van der Waals surface area contributed by atoms with Gasteiger partial charge < -0.3 is 15.2 Å². The van der Waals surface area contributed by atoms with Crippen LogP contribution in [0.4, 0.5) is 0 Å². The van der Waals surface area contributed by atoms with Gasteiger partial charge >= 0.3 is 0 Å². The average Bonchev–Trinajstić information content (AvgIpc) is 2.51. The highest BCUT2D eigenvalue weighted by Crippen LogP contribution is 2.17. The Bertz CT molecular complexity index is 540. The largest absolute Gasteiger partial charge is 0.494 e.